The number of nitrogens with one attached hydrogen (secondary N) is 1. The van der Waals surface area contributed by atoms with Gasteiger partial charge in [0.1, 0.15) is 5.75 Å². The van der Waals surface area contributed by atoms with E-state index in [1.165, 1.54) is 6.92 Å². The van der Waals surface area contributed by atoms with Crippen LogP contribution in [0.1, 0.15) is 42.1 Å². The summed E-state index contributed by atoms with van der Waals surface area (Å²) < 4.78 is 5.43. The second kappa shape index (κ2) is 9.13. The number of nitrogens with two attached hydrogens (primary N) is 1. The van der Waals surface area contributed by atoms with E-state index in [1.807, 2.05) is 6.92 Å². The van der Waals surface area contributed by atoms with Gasteiger partial charge in [-0.2, -0.15) is 0 Å². The zero-order valence-corrected chi connectivity index (χ0v) is 12.8. The Morgan fingerprint density at radius 2 is 1.95 bits per heavy atom. The van der Waals surface area contributed by atoms with E-state index in [2.05, 4.69) is 5.32 Å². The van der Waals surface area contributed by atoms with Gasteiger partial charge in [0.15, 0.2) is 12.4 Å². The van der Waals surface area contributed by atoms with Gasteiger partial charge in [-0.3, -0.25) is 9.59 Å². The summed E-state index contributed by atoms with van der Waals surface area (Å²) in [6.45, 7) is 4.67. The molecule has 0 saturated heterocycles. The first kappa shape index (κ1) is 17.2. The number of ketones is 1. The Balaban J connectivity index is 2.37. The SMILES string of the molecule is CC(=O)c1cc(C)cc(OCC(=O)NCCCCCN)c1. The lowest BCUT2D eigenvalue weighted by Crippen LogP contribution is -2.29. The average Bonchev–Trinajstić information content (AvgIpc) is 2.44. The molecule has 5 nitrogen and oxygen atoms in total. The maximum Gasteiger partial charge on any atom is 0.257 e. The van der Waals surface area contributed by atoms with Gasteiger partial charge in [0, 0.05) is 12.1 Å². The van der Waals surface area contributed by atoms with Crippen molar-refractivity contribution in [2.45, 2.75) is 33.1 Å². The van der Waals surface area contributed by atoms with Crippen molar-refractivity contribution < 1.29 is 14.3 Å². The Bertz CT molecular complexity index is 486. The summed E-state index contributed by atoms with van der Waals surface area (Å²) in [7, 11) is 0. The van der Waals surface area contributed by atoms with Gasteiger partial charge >= 0.3 is 0 Å². The number of ether oxygens (including phenoxy) is 1. The molecule has 1 aromatic rings. The second-order valence-electron chi connectivity index (χ2n) is 5.08. The predicted molar refractivity (Wildman–Crippen MR) is 82.6 cm³/mol. The molecule has 0 unspecified atom stereocenters. The van der Waals surface area contributed by atoms with Crippen molar-refractivity contribution in [3.63, 3.8) is 0 Å². The third-order valence-corrected chi connectivity index (χ3v) is 3.03. The molecule has 0 radical (unpaired) electrons. The van der Waals surface area contributed by atoms with Gasteiger partial charge in [-0.25, -0.2) is 0 Å². The summed E-state index contributed by atoms with van der Waals surface area (Å²) in [5, 5.41) is 2.79. The lowest BCUT2D eigenvalue weighted by Gasteiger charge is -2.09. The molecule has 0 aromatic heterocycles. The lowest BCUT2D eigenvalue weighted by molar-refractivity contribution is -0.123. The Labute approximate surface area is 125 Å². The van der Waals surface area contributed by atoms with Crippen molar-refractivity contribution in [2.75, 3.05) is 19.7 Å². The van der Waals surface area contributed by atoms with Gasteiger partial charge in [-0.15, -0.1) is 0 Å². The van der Waals surface area contributed by atoms with Crippen LogP contribution in [-0.4, -0.2) is 31.4 Å². The molecule has 0 heterocycles. The Hall–Kier alpha value is -1.88. The molecule has 21 heavy (non-hydrogen) atoms. The number of benzene rings is 1. The number of hydrogen-bond acceptors (Lipinski definition) is 4. The summed E-state index contributed by atoms with van der Waals surface area (Å²) >= 11 is 0. The van der Waals surface area contributed by atoms with Gasteiger partial charge < -0.3 is 15.8 Å². The summed E-state index contributed by atoms with van der Waals surface area (Å²) in [6.07, 6.45) is 2.91. The average molecular weight is 292 g/mol. The van der Waals surface area contributed by atoms with Gasteiger partial charge in [0.25, 0.3) is 5.91 Å². The molecule has 0 aliphatic heterocycles. The van der Waals surface area contributed by atoms with E-state index in [4.69, 9.17) is 10.5 Å². The number of carbonyl (C=O) groups excluding carboxylic acids is 2. The van der Waals surface area contributed by atoms with Crippen LogP contribution in [0.25, 0.3) is 0 Å². The van der Waals surface area contributed by atoms with Crippen molar-refractivity contribution in [3.8, 4) is 5.75 Å². The minimum Gasteiger partial charge on any atom is -0.484 e. The molecule has 0 saturated carbocycles. The first-order valence-corrected chi connectivity index (χ1v) is 7.25. The summed E-state index contributed by atoms with van der Waals surface area (Å²) in [4.78, 5) is 23.0. The van der Waals surface area contributed by atoms with E-state index >= 15 is 0 Å². The van der Waals surface area contributed by atoms with Crippen LogP contribution in [0.5, 0.6) is 5.75 Å². The summed E-state index contributed by atoms with van der Waals surface area (Å²) in [5.74, 6) is 0.361. The largest absolute Gasteiger partial charge is 0.484 e. The molecule has 0 bridgehead atoms. The first-order chi connectivity index (χ1) is 10.0. The molecular formula is C16H24N2O3. The van der Waals surface area contributed by atoms with Crippen molar-refractivity contribution in [2.24, 2.45) is 5.73 Å². The molecule has 1 amide bonds. The number of rotatable bonds is 9. The molecule has 0 aliphatic rings. The number of Topliss-reactive ketones (excluding diaryl/α,β-unsaturated/α-hetero) is 1. The zero-order valence-electron chi connectivity index (χ0n) is 12.8. The van der Waals surface area contributed by atoms with Gasteiger partial charge in [-0.1, -0.05) is 6.42 Å². The highest BCUT2D eigenvalue weighted by Gasteiger charge is 2.06. The quantitative estimate of drug-likeness (QED) is 0.537. The molecule has 5 heteroatoms. The fraction of sp³-hybridized carbons (Fsp3) is 0.500. The van der Waals surface area contributed by atoms with Crippen LogP contribution in [0.4, 0.5) is 0 Å². The minimum atomic E-state index is -0.159. The highest BCUT2D eigenvalue weighted by atomic mass is 16.5. The van der Waals surface area contributed by atoms with E-state index in [0.29, 0.717) is 24.4 Å². The molecule has 0 atom stereocenters. The Morgan fingerprint density at radius 1 is 1.19 bits per heavy atom. The van der Waals surface area contributed by atoms with E-state index in [1.54, 1.807) is 18.2 Å². The fourth-order valence-electron chi connectivity index (χ4n) is 1.91. The number of amides is 1. The predicted octanol–water partition coefficient (Wildman–Crippen LogP) is 1.82. The molecule has 116 valence electrons. The van der Waals surface area contributed by atoms with Crippen molar-refractivity contribution in [1.29, 1.82) is 0 Å². The highest BCUT2D eigenvalue weighted by Crippen LogP contribution is 2.17. The van der Waals surface area contributed by atoms with Crippen LogP contribution in [0.3, 0.4) is 0 Å². The Morgan fingerprint density at radius 3 is 2.62 bits per heavy atom. The third kappa shape index (κ3) is 6.90. The van der Waals surface area contributed by atoms with Crippen LogP contribution in [0.2, 0.25) is 0 Å². The van der Waals surface area contributed by atoms with Gasteiger partial charge in [0.2, 0.25) is 0 Å². The zero-order chi connectivity index (χ0) is 15.7. The number of hydrogen-bond donors (Lipinski definition) is 2. The molecule has 3 N–H and O–H groups in total. The molecular weight excluding hydrogens is 268 g/mol. The molecule has 0 spiro atoms. The highest BCUT2D eigenvalue weighted by molar-refractivity contribution is 5.94. The van der Waals surface area contributed by atoms with Crippen LogP contribution >= 0.6 is 0 Å². The summed E-state index contributed by atoms with van der Waals surface area (Å²) in [6, 6.07) is 5.26. The summed E-state index contributed by atoms with van der Waals surface area (Å²) in [5.41, 5.74) is 6.92. The topological polar surface area (TPSA) is 81.4 Å². The van der Waals surface area contributed by atoms with E-state index in [9.17, 15) is 9.59 Å². The van der Waals surface area contributed by atoms with E-state index < -0.39 is 0 Å². The number of carbonyl (C=O) groups is 2. The van der Waals surface area contributed by atoms with Crippen LogP contribution in [0.15, 0.2) is 18.2 Å². The molecule has 1 rings (SSSR count). The van der Waals surface area contributed by atoms with Gasteiger partial charge in [0.05, 0.1) is 0 Å². The normalized spacial score (nSPS) is 10.2. The van der Waals surface area contributed by atoms with Crippen molar-refractivity contribution >= 4 is 11.7 Å². The van der Waals surface area contributed by atoms with Crippen LogP contribution < -0.4 is 15.8 Å². The molecule has 0 fully saturated rings. The molecule has 0 aliphatic carbocycles. The maximum atomic E-state index is 11.6. The number of unbranched alkanes of at least 4 members (excludes halogenated alkanes) is 2. The van der Waals surface area contributed by atoms with Gasteiger partial charge in [-0.05, 0) is 57.0 Å². The van der Waals surface area contributed by atoms with Crippen molar-refractivity contribution in [1.82, 2.24) is 5.32 Å². The smallest absolute Gasteiger partial charge is 0.257 e. The van der Waals surface area contributed by atoms with Crippen LogP contribution in [-0.2, 0) is 4.79 Å². The standard InChI is InChI=1S/C16H24N2O3/c1-12-8-14(13(2)19)10-15(9-12)21-11-16(20)18-7-5-3-4-6-17/h8-10H,3-7,11,17H2,1-2H3,(H,18,20). The lowest BCUT2D eigenvalue weighted by atomic mass is 10.1. The Kier molecular flexibility index (Phi) is 7.46. The maximum absolute atomic E-state index is 11.6. The second-order valence-corrected chi connectivity index (χ2v) is 5.08. The number of aryl methyl sites for hydroxylation is 1. The van der Waals surface area contributed by atoms with E-state index in [-0.39, 0.29) is 18.3 Å². The van der Waals surface area contributed by atoms with E-state index in [0.717, 1.165) is 24.8 Å². The monoisotopic (exact) mass is 292 g/mol. The minimum absolute atomic E-state index is 0.0205. The third-order valence-electron chi connectivity index (χ3n) is 3.03. The van der Waals surface area contributed by atoms with Crippen LogP contribution in [0, 0.1) is 6.92 Å². The van der Waals surface area contributed by atoms with Crippen molar-refractivity contribution in [3.05, 3.63) is 29.3 Å². The first-order valence-electron chi connectivity index (χ1n) is 7.25. The molecule has 1 aromatic carbocycles. The fourth-order valence-corrected chi connectivity index (χ4v) is 1.91.